The largest absolute Gasteiger partial charge is 0.384 e. The zero-order chi connectivity index (χ0) is 15.5. The van der Waals surface area contributed by atoms with Crippen molar-refractivity contribution in [2.24, 2.45) is 0 Å². The van der Waals surface area contributed by atoms with Gasteiger partial charge in [-0.15, -0.1) is 11.3 Å². The normalized spacial score (nSPS) is 10.8. The molecule has 1 aromatic carbocycles. The summed E-state index contributed by atoms with van der Waals surface area (Å²) in [5.74, 6) is 5.14. The minimum atomic E-state index is -3.76. The van der Waals surface area contributed by atoms with Gasteiger partial charge in [0.15, 0.2) is 5.13 Å². The van der Waals surface area contributed by atoms with Crippen molar-refractivity contribution in [3.05, 3.63) is 40.4 Å². The van der Waals surface area contributed by atoms with Crippen LogP contribution in [0.3, 0.4) is 0 Å². The topological polar surface area (TPSA) is 79.3 Å². The summed E-state index contributed by atoms with van der Waals surface area (Å²) in [6, 6.07) is 4.87. The van der Waals surface area contributed by atoms with Crippen molar-refractivity contribution < 1.29 is 13.5 Å². The molecule has 0 amide bonds. The van der Waals surface area contributed by atoms with Crippen molar-refractivity contribution in [1.82, 2.24) is 4.98 Å². The molecule has 0 radical (unpaired) electrons. The van der Waals surface area contributed by atoms with Crippen LogP contribution in [0.25, 0.3) is 0 Å². The minimum absolute atomic E-state index is 0.0712. The number of thiazole rings is 1. The number of hydrogen-bond acceptors (Lipinski definition) is 5. The Bertz CT molecular complexity index is 814. The number of aliphatic hydroxyl groups excluding tert-OH is 1. The molecule has 2 rings (SSSR count). The Morgan fingerprint density at radius 2 is 2.14 bits per heavy atom. The maximum Gasteiger partial charge on any atom is 0.264 e. The summed E-state index contributed by atoms with van der Waals surface area (Å²) in [6.07, 6.45) is 1.60. The summed E-state index contributed by atoms with van der Waals surface area (Å²) in [5.41, 5.74) is 1.24. The third-order valence-corrected chi connectivity index (χ3v) is 4.92. The molecule has 0 saturated carbocycles. The third-order valence-electron chi connectivity index (χ3n) is 2.57. The zero-order valence-electron chi connectivity index (χ0n) is 11.5. The molecule has 2 aromatic rings. The number of benzene rings is 1. The molecule has 0 atom stereocenters. The zero-order valence-corrected chi connectivity index (χ0v) is 13.2. The smallest absolute Gasteiger partial charge is 0.264 e. The number of nitrogens with zero attached hydrogens (tertiary/aromatic N) is 1. The number of sulfonamides is 1. The van der Waals surface area contributed by atoms with E-state index in [0.29, 0.717) is 10.7 Å². The Labute approximate surface area is 127 Å². The van der Waals surface area contributed by atoms with Crippen molar-refractivity contribution >= 4 is 26.5 Å². The van der Waals surface area contributed by atoms with Crippen molar-refractivity contribution in [1.29, 1.82) is 0 Å². The monoisotopic (exact) mass is 322 g/mol. The fourth-order valence-electron chi connectivity index (χ4n) is 1.68. The highest BCUT2D eigenvalue weighted by atomic mass is 32.2. The van der Waals surface area contributed by atoms with E-state index in [0.717, 1.165) is 10.4 Å². The van der Waals surface area contributed by atoms with E-state index in [1.54, 1.807) is 18.3 Å². The lowest BCUT2D eigenvalue weighted by Gasteiger charge is -2.08. The quantitative estimate of drug-likeness (QED) is 0.846. The first-order valence-electron chi connectivity index (χ1n) is 6.08. The van der Waals surface area contributed by atoms with Crippen molar-refractivity contribution in [3.8, 4) is 11.8 Å². The second-order valence-electron chi connectivity index (χ2n) is 4.34. The van der Waals surface area contributed by atoms with Gasteiger partial charge in [-0.3, -0.25) is 4.72 Å². The first kappa shape index (κ1) is 15.5. The van der Waals surface area contributed by atoms with Crippen LogP contribution in [0, 0.1) is 25.7 Å². The molecule has 1 aromatic heterocycles. The number of aryl methyl sites for hydroxylation is 2. The van der Waals surface area contributed by atoms with Crippen LogP contribution in [0.15, 0.2) is 29.3 Å². The van der Waals surface area contributed by atoms with E-state index < -0.39 is 10.0 Å². The predicted molar refractivity (Wildman–Crippen MR) is 82.8 cm³/mol. The van der Waals surface area contributed by atoms with E-state index in [1.165, 1.54) is 17.4 Å². The predicted octanol–water partition coefficient (Wildman–Crippen LogP) is 1.90. The van der Waals surface area contributed by atoms with Gasteiger partial charge >= 0.3 is 0 Å². The molecule has 5 nitrogen and oxygen atoms in total. The van der Waals surface area contributed by atoms with Crippen LogP contribution in [0.1, 0.15) is 16.0 Å². The van der Waals surface area contributed by atoms with E-state index in [1.807, 2.05) is 13.8 Å². The number of anilines is 1. The molecule has 0 aliphatic rings. The van der Waals surface area contributed by atoms with Crippen molar-refractivity contribution in [2.45, 2.75) is 18.7 Å². The number of aromatic nitrogens is 1. The summed E-state index contributed by atoms with van der Waals surface area (Å²) < 4.78 is 27.3. The van der Waals surface area contributed by atoms with Crippen LogP contribution in [-0.4, -0.2) is 25.1 Å². The third kappa shape index (κ3) is 3.82. The summed E-state index contributed by atoms with van der Waals surface area (Å²) >= 11 is 1.26. The lowest BCUT2D eigenvalue weighted by Crippen LogP contribution is -2.14. The van der Waals surface area contributed by atoms with Gasteiger partial charge in [-0.25, -0.2) is 13.4 Å². The van der Waals surface area contributed by atoms with Gasteiger partial charge in [-0.1, -0.05) is 17.9 Å². The summed E-state index contributed by atoms with van der Waals surface area (Å²) in [7, 11) is -3.76. The SMILES string of the molecule is Cc1ccc(S(=O)(=O)Nc2ncc(C)s2)c(C#CCO)c1. The number of hydrogen-bond donors (Lipinski definition) is 2. The maximum atomic E-state index is 12.4. The molecule has 7 heteroatoms. The highest BCUT2D eigenvalue weighted by molar-refractivity contribution is 7.93. The van der Waals surface area contributed by atoms with E-state index in [-0.39, 0.29) is 11.5 Å². The van der Waals surface area contributed by atoms with Crippen LogP contribution < -0.4 is 4.72 Å². The molecule has 0 spiro atoms. The molecule has 0 unspecified atom stereocenters. The van der Waals surface area contributed by atoms with Crippen LogP contribution in [0.4, 0.5) is 5.13 Å². The summed E-state index contributed by atoms with van der Waals surface area (Å²) in [5, 5.41) is 9.10. The second kappa shape index (κ2) is 6.26. The Balaban J connectivity index is 2.44. The van der Waals surface area contributed by atoms with Gasteiger partial charge in [0.1, 0.15) is 11.5 Å². The molecule has 110 valence electrons. The average Bonchev–Trinajstić information content (AvgIpc) is 2.80. The average molecular weight is 322 g/mol. The molecule has 0 fully saturated rings. The molecule has 21 heavy (non-hydrogen) atoms. The molecule has 0 aliphatic carbocycles. The Hall–Kier alpha value is -1.88. The molecule has 1 heterocycles. The minimum Gasteiger partial charge on any atom is -0.384 e. The maximum absolute atomic E-state index is 12.4. The Kier molecular flexibility index (Phi) is 4.63. The molecule has 0 bridgehead atoms. The first-order valence-corrected chi connectivity index (χ1v) is 8.38. The van der Waals surface area contributed by atoms with Gasteiger partial charge in [0.25, 0.3) is 10.0 Å². The highest BCUT2D eigenvalue weighted by Gasteiger charge is 2.19. The first-order chi connectivity index (χ1) is 9.92. The van der Waals surface area contributed by atoms with Gasteiger partial charge in [0.05, 0.1) is 0 Å². The Morgan fingerprint density at radius 3 is 2.76 bits per heavy atom. The van der Waals surface area contributed by atoms with Gasteiger partial charge in [-0.05, 0) is 31.5 Å². The lowest BCUT2D eigenvalue weighted by molar-refractivity contribution is 0.350. The number of rotatable bonds is 3. The molecule has 2 N–H and O–H groups in total. The van der Waals surface area contributed by atoms with Gasteiger partial charge in [0.2, 0.25) is 0 Å². The van der Waals surface area contributed by atoms with Crippen molar-refractivity contribution in [3.63, 3.8) is 0 Å². The van der Waals surface area contributed by atoms with E-state index >= 15 is 0 Å². The van der Waals surface area contributed by atoms with Gasteiger partial charge in [-0.2, -0.15) is 0 Å². The molecular formula is C14H14N2O3S2. The highest BCUT2D eigenvalue weighted by Crippen LogP contribution is 2.23. The fourth-order valence-corrected chi connectivity index (χ4v) is 3.73. The summed E-state index contributed by atoms with van der Waals surface area (Å²) in [4.78, 5) is 4.97. The fraction of sp³-hybridized carbons (Fsp3) is 0.214. The second-order valence-corrected chi connectivity index (χ2v) is 7.23. The van der Waals surface area contributed by atoms with Crippen LogP contribution >= 0.6 is 11.3 Å². The molecule has 0 saturated heterocycles. The number of nitrogens with one attached hydrogen (secondary N) is 1. The van der Waals surface area contributed by atoms with E-state index in [4.69, 9.17) is 5.11 Å². The lowest BCUT2D eigenvalue weighted by atomic mass is 10.1. The van der Waals surface area contributed by atoms with E-state index in [9.17, 15) is 8.42 Å². The standard InChI is InChI=1S/C14H14N2O3S2/c1-10-5-6-13(12(8-10)4-3-7-17)21(18,19)16-14-15-9-11(2)20-14/h5-6,8-9,17H,7H2,1-2H3,(H,15,16). The van der Waals surface area contributed by atoms with Crippen LogP contribution in [-0.2, 0) is 10.0 Å². The van der Waals surface area contributed by atoms with Crippen molar-refractivity contribution in [2.75, 3.05) is 11.3 Å². The summed E-state index contributed by atoms with van der Waals surface area (Å²) in [6.45, 7) is 3.37. The number of aliphatic hydroxyl groups is 1. The van der Waals surface area contributed by atoms with E-state index in [2.05, 4.69) is 21.5 Å². The van der Waals surface area contributed by atoms with Gasteiger partial charge in [0, 0.05) is 16.6 Å². The van der Waals surface area contributed by atoms with Crippen LogP contribution in [0.5, 0.6) is 0 Å². The van der Waals surface area contributed by atoms with Gasteiger partial charge < -0.3 is 5.11 Å². The Morgan fingerprint density at radius 1 is 1.38 bits per heavy atom. The molecular weight excluding hydrogens is 308 g/mol. The van der Waals surface area contributed by atoms with Crippen LogP contribution in [0.2, 0.25) is 0 Å². The molecule has 0 aliphatic heterocycles.